The van der Waals surface area contributed by atoms with E-state index in [2.05, 4.69) is 5.32 Å². The maximum atomic E-state index is 12.5. The van der Waals surface area contributed by atoms with Gasteiger partial charge in [0.15, 0.2) is 0 Å². The predicted octanol–water partition coefficient (Wildman–Crippen LogP) is 2.96. The lowest BCUT2D eigenvalue weighted by molar-refractivity contribution is -0.136. The van der Waals surface area contributed by atoms with Gasteiger partial charge < -0.3 is 5.32 Å². The van der Waals surface area contributed by atoms with E-state index in [0.29, 0.717) is 17.8 Å². The van der Waals surface area contributed by atoms with Crippen LogP contribution in [-0.2, 0) is 9.59 Å². The van der Waals surface area contributed by atoms with Crippen molar-refractivity contribution in [1.82, 2.24) is 4.90 Å². The summed E-state index contributed by atoms with van der Waals surface area (Å²) in [6, 6.07) is 13.1. The van der Waals surface area contributed by atoms with Crippen molar-refractivity contribution in [3.05, 3.63) is 58.4 Å². The number of imide groups is 1. The highest BCUT2D eigenvalue weighted by atomic mass is 32.1. The van der Waals surface area contributed by atoms with E-state index in [4.69, 9.17) is 0 Å². The highest BCUT2D eigenvalue weighted by molar-refractivity contribution is 7.11. The summed E-state index contributed by atoms with van der Waals surface area (Å²) in [6.07, 6.45) is 0. The molecule has 1 N–H and O–H groups in total. The molecular weight excluding hydrogens is 284 g/mol. The molecule has 21 heavy (non-hydrogen) atoms. The first-order chi connectivity index (χ1) is 10.2. The molecule has 1 aliphatic rings. The van der Waals surface area contributed by atoms with Crippen LogP contribution < -0.4 is 5.32 Å². The number of nitrogens with one attached hydrogen (secondary N) is 1. The minimum absolute atomic E-state index is 0.233. The predicted molar refractivity (Wildman–Crippen MR) is 83.7 cm³/mol. The van der Waals surface area contributed by atoms with Crippen LogP contribution in [0.5, 0.6) is 0 Å². The molecule has 1 aliphatic heterocycles. The van der Waals surface area contributed by atoms with Gasteiger partial charge in [-0.1, -0.05) is 24.3 Å². The number of nitrogens with zero attached hydrogens (tertiary/aromatic N) is 1. The smallest absolute Gasteiger partial charge is 0.278 e. The fourth-order valence-corrected chi connectivity index (χ4v) is 3.06. The fraction of sp³-hybridized carbons (Fsp3) is 0.125. The largest absolute Gasteiger partial charge is 0.350 e. The molecule has 0 unspecified atom stereocenters. The summed E-state index contributed by atoms with van der Waals surface area (Å²) < 4.78 is 0. The Morgan fingerprint density at radius 2 is 1.81 bits per heavy atom. The van der Waals surface area contributed by atoms with Crippen molar-refractivity contribution < 1.29 is 9.59 Å². The zero-order valence-electron chi connectivity index (χ0n) is 11.5. The normalized spacial score (nSPS) is 15.0. The van der Waals surface area contributed by atoms with Crippen LogP contribution in [-0.4, -0.2) is 23.3 Å². The van der Waals surface area contributed by atoms with Gasteiger partial charge in [-0.3, -0.25) is 14.5 Å². The third-order valence-corrected chi connectivity index (χ3v) is 4.18. The van der Waals surface area contributed by atoms with Crippen LogP contribution in [0, 0.1) is 0 Å². The number of anilines is 1. The van der Waals surface area contributed by atoms with Gasteiger partial charge in [0.1, 0.15) is 5.70 Å². The molecule has 106 valence electrons. The number of carbonyl (C=O) groups excluding carboxylic acids is 2. The Balaban J connectivity index is 2.06. The summed E-state index contributed by atoms with van der Waals surface area (Å²) in [5.74, 6) is -0.502. The van der Waals surface area contributed by atoms with Crippen molar-refractivity contribution in [2.24, 2.45) is 0 Å². The molecule has 0 atom stereocenters. The first-order valence-electron chi connectivity index (χ1n) is 6.68. The van der Waals surface area contributed by atoms with E-state index in [1.54, 1.807) is 6.92 Å². The molecule has 2 amide bonds. The average molecular weight is 298 g/mol. The summed E-state index contributed by atoms with van der Waals surface area (Å²) >= 11 is 1.46. The monoisotopic (exact) mass is 298 g/mol. The molecule has 1 aromatic carbocycles. The molecule has 2 aromatic rings. The van der Waals surface area contributed by atoms with Crippen LogP contribution in [0.2, 0.25) is 0 Å². The molecule has 0 fully saturated rings. The van der Waals surface area contributed by atoms with Crippen LogP contribution in [0.3, 0.4) is 0 Å². The second-order valence-corrected chi connectivity index (χ2v) is 5.52. The molecule has 0 spiro atoms. The Kier molecular flexibility index (Phi) is 3.58. The molecule has 0 radical (unpaired) electrons. The number of amides is 2. The van der Waals surface area contributed by atoms with E-state index in [9.17, 15) is 9.59 Å². The van der Waals surface area contributed by atoms with Gasteiger partial charge in [-0.05, 0) is 30.5 Å². The Labute approximate surface area is 126 Å². The lowest BCUT2D eigenvalue weighted by atomic mass is 10.2. The van der Waals surface area contributed by atoms with Gasteiger partial charge in [0.25, 0.3) is 11.8 Å². The Hall–Kier alpha value is -2.40. The second kappa shape index (κ2) is 5.54. The fourth-order valence-electron chi connectivity index (χ4n) is 2.29. The van der Waals surface area contributed by atoms with Gasteiger partial charge in [-0.25, -0.2) is 0 Å². The van der Waals surface area contributed by atoms with Crippen molar-refractivity contribution in [2.75, 3.05) is 11.9 Å². The number of likely N-dealkylation sites (N-methyl/N-ethyl adjacent to an activating group) is 1. The number of hydrogen-bond donors (Lipinski definition) is 1. The van der Waals surface area contributed by atoms with Crippen molar-refractivity contribution in [1.29, 1.82) is 0 Å². The lowest BCUT2D eigenvalue weighted by Gasteiger charge is -2.11. The SMILES string of the molecule is CCN1C(=O)C(Nc2ccccc2)=C(c2cccs2)C1=O. The zero-order chi connectivity index (χ0) is 14.8. The van der Waals surface area contributed by atoms with Crippen LogP contribution in [0.25, 0.3) is 5.57 Å². The standard InChI is InChI=1S/C16H14N2O2S/c1-2-18-15(19)13(12-9-6-10-21-12)14(16(18)20)17-11-7-4-3-5-8-11/h3-10,17H,2H2,1H3. The molecule has 0 aliphatic carbocycles. The van der Waals surface area contributed by atoms with Crippen molar-refractivity contribution in [3.8, 4) is 0 Å². The first kappa shape index (κ1) is 13.6. The molecule has 4 nitrogen and oxygen atoms in total. The van der Waals surface area contributed by atoms with Crippen LogP contribution >= 0.6 is 11.3 Å². The number of para-hydroxylation sites is 1. The maximum Gasteiger partial charge on any atom is 0.278 e. The molecular formula is C16H14N2O2S. The van der Waals surface area contributed by atoms with E-state index >= 15 is 0 Å². The average Bonchev–Trinajstić information content (AvgIpc) is 3.08. The minimum atomic E-state index is -0.269. The number of benzene rings is 1. The van der Waals surface area contributed by atoms with Gasteiger partial charge in [-0.2, -0.15) is 0 Å². The first-order valence-corrected chi connectivity index (χ1v) is 7.56. The van der Waals surface area contributed by atoms with E-state index in [1.165, 1.54) is 16.2 Å². The highest BCUT2D eigenvalue weighted by Crippen LogP contribution is 2.32. The van der Waals surface area contributed by atoms with E-state index < -0.39 is 0 Å². The van der Waals surface area contributed by atoms with Crippen molar-refractivity contribution in [3.63, 3.8) is 0 Å². The third kappa shape index (κ3) is 2.36. The molecule has 2 heterocycles. The summed E-state index contributed by atoms with van der Waals surface area (Å²) in [5, 5.41) is 5.00. The second-order valence-electron chi connectivity index (χ2n) is 4.57. The Morgan fingerprint density at radius 3 is 2.43 bits per heavy atom. The minimum Gasteiger partial charge on any atom is -0.350 e. The number of carbonyl (C=O) groups is 2. The van der Waals surface area contributed by atoms with Crippen molar-refractivity contribution >= 4 is 34.4 Å². The topological polar surface area (TPSA) is 49.4 Å². The lowest BCUT2D eigenvalue weighted by Crippen LogP contribution is -2.32. The van der Waals surface area contributed by atoms with Crippen LogP contribution in [0.4, 0.5) is 5.69 Å². The summed E-state index contributed by atoms with van der Waals surface area (Å²) in [7, 11) is 0. The molecule has 5 heteroatoms. The quantitative estimate of drug-likeness (QED) is 0.883. The van der Waals surface area contributed by atoms with Gasteiger partial charge in [0.2, 0.25) is 0 Å². The third-order valence-electron chi connectivity index (χ3n) is 3.29. The molecule has 0 bridgehead atoms. The highest BCUT2D eigenvalue weighted by Gasteiger charge is 2.38. The maximum absolute atomic E-state index is 12.5. The molecule has 0 saturated heterocycles. The number of thiophene rings is 1. The van der Waals surface area contributed by atoms with Crippen LogP contribution in [0.15, 0.2) is 53.5 Å². The Bertz CT molecular complexity index is 705. The van der Waals surface area contributed by atoms with Gasteiger partial charge in [-0.15, -0.1) is 11.3 Å². The van der Waals surface area contributed by atoms with E-state index in [0.717, 1.165) is 10.6 Å². The Morgan fingerprint density at radius 1 is 1.05 bits per heavy atom. The van der Waals surface area contributed by atoms with Gasteiger partial charge in [0.05, 0.1) is 5.57 Å². The summed E-state index contributed by atoms with van der Waals surface area (Å²) in [4.78, 5) is 27.0. The molecule has 3 rings (SSSR count). The van der Waals surface area contributed by atoms with E-state index in [1.807, 2.05) is 47.8 Å². The number of hydrogen-bond acceptors (Lipinski definition) is 4. The molecule has 0 saturated carbocycles. The van der Waals surface area contributed by atoms with Gasteiger partial charge >= 0.3 is 0 Å². The van der Waals surface area contributed by atoms with Gasteiger partial charge in [0, 0.05) is 17.1 Å². The van der Waals surface area contributed by atoms with Crippen LogP contribution in [0.1, 0.15) is 11.8 Å². The van der Waals surface area contributed by atoms with E-state index in [-0.39, 0.29) is 11.8 Å². The summed E-state index contributed by atoms with van der Waals surface area (Å²) in [5.41, 5.74) is 1.61. The number of rotatable bonds is 4. The summed E-state index contributed by atoms with van der Waals surface area (Å²) in [6.45, 7) is 2.17. The van der Waals surface area contributed by atoms with Crippen molar-refractivity contribution in [2.45, 2.75) is 6.92 Å². The molecule has 1 aromatic heterocycles. The zero-order valence-corrected chi connectivity index (χ0v) is 12.3.